The lowest BCUT2D eigenvalue weighted by atomic mass is 10.3. The van der Waals surface area contributed by atoms with E-state index in [1.165, 1.54) is 23.9 Å². The molecule has 82 valence electrons. The highest BCUT2D eigenvalue weighted by Gasteiger charge is 2.17. The molecule has 3 nitrogen and oxygen atoms in total. The van der Waals surface area contributed by atoms with Gasteiger partial charge in [-0.1, -0.05) is 0 Å². The molecule has 0 heterocycles. The van der Waals surface area contributed by atoms with Crippen LogP contribution in [0.2, 0.25) is 0 Å². The molecular formula is C8H6ClFINO2S. The number of nitro groups is 1. The summed E-state index contributed by atoms with van der Waals surface area (Å²) in [5.41, 5.74) is -0.0732. The maximum Gasteiger partial charge on any atom is 0.284 e. The third kappa shape index (κ3) is 3.46. The van der Waals surface area contributed by atoms with Crippen LogP contribution in [0.15, 0.2) is 17.0 Å². The lowest BCUT2D eigenvalue weighted by Crippen LogP contribution is -1.95. The van der Waals surface area contributed by atoms with Gasteiger partial charge < -0.3 is 0 Å². The number of benzene rings is 1. The van der Waals surface area contributed by atoms with E-state index in [1.54, 1.807) is 22.6 Å². The summed E-state index contributed by atoms with van der Waals surface area (Å²) in [5, 5.41) is 10.7. The average molecular weight is 362 g/mol. The van der Waals surface area contributed by atoms with Gasteiger partial charge in [0.1, 0.15) is 5.82 Å². The van der Waals surface area contributed by atoms with Crippen LogP contribution < -0.4 is 0 Å². The number of hydrogen-bond acceptors (Lipinski definition) is 3. The second-order valence-corrected chi connectivity index (χ2v) is 5.21. The molecule has 0 aliphatic rings. The van der Waals surface area contributed by atoms with Crippen molar-refractivity contribution in [2.45, 2.75) is 4.90 Å². The van der Waals surface area contributed by atoms with Crippen molar-refractivity contribution < 1.29 is 9.31 Å². The van der Waals surface area contributed by atoms with Crippen molar-refractivity contribution in [2.75, 3.05) is 11.6 Å². The quantitative estimate of drug-likeness (QED) is 0.270. The number of halogens is 3. The summed E-state index contributed by atoms with van der Waals surface area (Å²) in [5.74, 6) is 0.441. The van der Waals surface area contributed by atoms with E-state index in [-0.39, 0.29) is 9.26 Å². The van der Waals surface area contributed by atoms with E-state index in [9.17, 15) is 14.5 Å². The van der Waals surface area contributed by atoms with Gasteiger partial charge in [-0.3, -0.25) is 10.1 Å². The molecule has 0 atom stereocenters. The molecule has 0 radical (unpaired) electrons. The zero-order chi connectivity index (χ0) is 11.4. The van der Waals surface area contributed by atoms with Crippen molar-refractivity contribution >= 4 is 51.6 Å². The van der Waals surface area contributed by atoms with Gasteiger partial charge in [0.25, 0.3) is 5.69 Å². The van der Waals surface area contributed by atoms with Gasteiger partial charge in [0, 0.05) is 17.7 Å². The zero-order valence-corrected chi connectivity index (χ0v) is 11.1. The van der Waals surface area contributed by atoms with Crippen LogP contribution in [0.25, 0.3) is 0 Å². The maximum absolute atomic E-state index is 13.2. The Balaban J connectivity index is 3.10. The van der Waals surface area contributed by atoms with Crippen LogP contribution in [0, 0.1) is 19.5 Å². The summed E-state index contributed by atoms with van der Waals surface area (Å²) in [7, 11) is 0. The maximum atomic E-state index is 13.2. The molecule has 0 bridgehead atoms. The van der Waals surface area contributed by atoms with E-state index in [2.05, 4.69) is 0 Å². The summed E-state index contributed by atoms with van der Waals surface area (Å²) in [4.78, 5) is 10.5. The van der Waals surface area contributed by atoms with Gasteiger partial charge in [-0.2, -0.15) is 0 Å². The number of alkyl halides is 1. The Bertz CT molecular complexity index is 391. The Hall–Kier alpha value is -0.0800. The molecule has 0 amide bonds. The number of nitrogens with zero attached hydrogens (tertiary/aromatic N) is 1. The molecular weight excluding hydrogens is 356 g/mol. The summed E-state index contributed by atoms with van der Waals surface area (Å²) in [6.45, 7) is 0. The molecule has 0 aromatic heterocycles. The summed E-state index contributed by atoms with van der Waals surface area (Å²) >= 11 is 8.37. The molecule has 15 heavy (non-hydrogen) atoms. The Labute approximate surface area is 109 Å². The molecule has 1 rings (SSSR count). The highest BCUT2D eigenvalue weighted by molar-refractivity contribution is 14.1. The highest BCUT2D eigenvalue weighted by atomic mass is 127. The Kier molecular flexibility index (Phi) is 5.07. The largest absolute Gasteiger partial charge is 0.284 e. The van der Waals surface area contributed by atoms with Gasteiger partial charge in [-0.25, -0.2) is 4.39 Å². The van der Waals surface area contributed by atoms with E-state index in [0.717, 1.165) is 0 Å². The van der Waals surface area contributed by atoms with Gasteiger partial charge in [0.05, 0.1) is 13.4 Å². The molecule has 0 N–H and O–H groups in total. The van der Waals surface area contributed by atoms with Crippen molar-refractivity contribution in [3.8, 4) is 0 Å². The predicted molar refractivity (Wildman–Crippen MR) is 67.2 cm³/mol. The van der Waals surface area contributed by atoms with E-state index < -0.39 is 10.7 Å². The standard InChI is InChI=1S/C8H6ClFINO2S/c9-1-2-15-8-3-5(10)6(11)4-7(8)12(13)14/h3-4H,1-2H2. The minimum atomic E-state index is -0.516. The number of hydrogen-bond donors (Lipinski definition) is 0. The van der Waals surface area contributed by atoms with Gasteiger partial charge in [-0.15, -0.1) is 23.4 Å². The summed E-state index contributed by atoms with van der Waals surface area (Å²) < 4.78 is 13.4. The molecule has 0 fully saturated rings. The fourth-order valence-corrected chi connectivity index (χ4v) is 2.37. The van der Waals surface area contributed by atoms with Crippen LogP contribution in [-0.4, -0.2) is 16.6 Å². The second kappa shape index (κ2) is 5.86. The molecule has 0 spiro atoms. The number of thioether (sulfide) groups is 1. The minimum Gasteiger partial charge on any atom is -0.258 e. The highest BCUT2D eigenvalue weighted by Crippen LogP contribution is 2.32. The van der Waals surface area contributed by atoms with E-state index in [1.807, 2.05) is 0 Å². The SMILES string of the molecule is O=[N+]([O-])c1cc(I)c(F)cc1SCCCl. The fourth-order valence-electron chi connectivity index (χ4n) is 0.925. The Morgan fingerprint density at radius 1 is 1.60 bits per heavy atom. The van der Waals surface area contributed by atoms with Gasteiger partial charge >= 0.3 is 0 Å². The number of rotatable bonds is 4. The Morgan fingerprint density at radius 2 is 2.27 bits per heavy atom. The average Bonchev–Trinajstić information content (AvgIpc) is 2.19. The molecule has 0 aliphatic heterocycles. The third-order valence-electron chi connectivity index (χ3n) is 1.53. The van der Waals surface area contributed by atoms with Gasteiger partial charge in [-0.05, 0) is 28.7 Å². The number of nitro benzene ring substituents is 1. The first-order valence-corrected chi connectivity index (χ1v) is 6.48. The van der Waals surface area contributed by atoms with E-state index in [4.69, 9.17) is 11.6 Å². The van der Waals surface area contributed by atoms with Crippen LogP contribution in [0.1, 0.15) is 0 Å². The monoisotopic (exact) mass is 361 g/mol. The fraction of sp³-hybridized carbons (Fsp3) is 0.250. The topological polar surface area (TPSA) is 43.1 Å². The van der Waals surface area contributed by atoms with Crippen LogP contribution in [0.3, 0.4) is 0 Å². The van der Waals surface area contributed by atoms with Crippen molar-refractivity contribution in [1.29, 1.82) is 0 Å². The second-order valence-electron chi connectivity index (χ2n) is 2.53. The molecule has 0 saturated heterocycles. The lowest BCUT2D eigenvalue weighted by Gasteiger charge is -2.02. The van der Waals surface area contributed by atoms with Gasteiger partial charge in [0.15, 0.2) is 0 Å². The van der Waals surface area contributed by atoms with Crippen molar-refractivity contribution in [1.82, 2.24) is 0 Å². The van der Waals surface area contributed by atoms with Crippen LogP contribution in [0.4, 0.5) is 10.1 Å². The molecule has 0 saturated carbocycles. The van der Waals surface area contributed by atoms with Crippen molar-refractivity contribution in [3.05, 3.63) is 31.6 Å². The molecule has 0 aliphatic carbocycles. The predicted octanol–water partition coefficient (Wildman–Crippen LogP) is 3.67. The lowest BCUT2D eigenvalue weighted by molar-refractivity contribution is -0.387. The molecule has 7 heteroatoms. The Morgan fingerprint density at radius 3 is 2.80 bits per heavy atom. The zero-order valence-electron chi connectivity index (χ0n) is 7.37. The minimum absolute atomic E-state index is 0.0732. The first-order valence-electron chi connectivity index (χ1n) is 3.88. The van der Waals surface area contributed by atoms with Crippen molar-refractivity contribution in [2.24, 2.45) is 0 Å². The van der Waals surface area contributed by atoms with Crippen molar-refractivity contribution in [3.63, 3.8) is 0 Å². The molecule has 0 unspecified atom stereocenters. The van der Waals surface area contributed by atoms with E-state index in [0.29, 0.717) is 16.5 Å². The molecule has 1 aromatic rings. The van der Waals surface area contributed by atoms with E-state index >= 15 is 0 Å². The third-order valence-corrected chi connectivity index (χ3v) is 3.82. The normalized spacial score (nSPS) is 10.3. The van der Waals surface area contributed by atoms with Gasteiger partial charge in [0.2, 0.25) is 0 Å². The summed E-state index contributed by atoms with van der Waals surface area (Å²) in [6, 6.07) is 2.41. The molecule has 1 aromatic carbocycles. The first kappa shape index (κ1) is 13.0. The summed E-state index contributed by atoms with van der Waals surface area (Å²) in [6.07, 6.45) is 0. The van der Waals surface area contributed by atoms with Crippen LogP contribution in [0.5, 0.6) is 0 Å². The van der Waals surface area contributed by atoms with Crippen LogP contribution >= 0.6 is 46.0 Å². The smallest absolute Gasteiger partial charge is 0.258 e. The first-order chi connectivity index (χ1) is 7.06. The van der Waals surface area contributed by atoms with Crippen LogP contribution in [-0.2, 0) is 0 Å².